The molecule has 0 radical (unpaired) electrons. The maximum absolute atomic E-state index is 14.0. The van der Waals surface area contributed by atoms with Crippen LogP contribution in [0.2, 0.25) is 0 Å². The van der Waals surface area contributed by atoms with E-state index in [1.54, 1.807) is 6.07 Å². The van der Waals surface area contributed by atoms with Crippen LogP contribution < -0.4 is 5.73 Å². The SMILES string of the molecule is CCC1(CC)CCN(Cc2ccc(CN)cc2F)CC1. The minimum Gasteiger partial charge on any atom is -0.326 e. The van der Waals surface area contributed by atoms with E-state index >= 15 is 0 Å². The number of nitrogens with zero attached hydrogens (tertiary/aromatic N) is 1. The van der Waals surface area contributed by atoms with Crippen LogP contribution in [-0.4, -0.2) is 18.0 Å². The molecule has 0 amide bonds. The maximum atomic E-state index is 14.0. The Labute approximate surface area is 122 Å². The van der Waals surface area contributed by atoms with Gasteiger partial charge in [-0.15, -0.1) is 0 Å². The number of piperidine rings is 1. The summed E-state index contributed by atoms with van der Waals surface area (Å²) in [5.41, 5.74) is 7.72. The Kier molecular flexibility index (Phi) is 5.17. The fourth-order valence-electron chi connectivity index (χ4n) is 3.23. The highest BCUT2D eigenvalue weighted by Crippen LogP contribution is 2.38. The van der Waals surface area contributed by atoms with E-state index in [9.17, 15) is 4.39 Å². The quantitative estimate of drug-likeness (QED) is 0.890. The monoisotopic (exact) mass is 278 g/mol. The van der Waals surface area contributed by atoms with E-state index in [0.717, 1.165) is 30.8 Å². The number of hydrogen-bond acceptors (Lipinski definition) is 2. The van der Waals surface area contributed by atoms with Gasteiger partial charge < -0.3 is 5.73 Å². The average molecular weight is 278 g/mol. The smallest absolute Gasteiger partial charge is 0.128 e. The first kappa shape index (κ1) is 15.5. The number of nitrogens with two attached hydrogens (primary N) is 1. The number of benzene rings is 1. The van der Waals surface area contributed by atoms with Gasteiger partial charge in [-0.05, 0) is 43.0 Å². The molecule has 1 aromatic carbocycles. The third-order valence-electron chi connectivity index (χ3n) is 5.16. The van der Waals surface area contributed by atoms with Crippen molar-refractivity contribution >= 4 is 0 Å². The maximum Gasteiger partial charge on any atom is 0.128 e. The molecular weight excluding hydrogens is 251 g/mol. The third-order valence-corrected chi connectivity index (χ3v) is 5.16. The molecule has 1 aromatic rings. The van der Waals surface area contributed by atoms with E-state index in [2.05, 4.69) is 18.7 Å². The van der Waals surface area contributed by atoms with Crippen LogP contribution in [0.3, 0.4) is 0 Å². The Bertz CT molecular complexity index is 431. The van der Waals surface area contributed by atoms with Gasteiger partial charge in [0.2, 0.25) is 0 Å². The number of likely N-dealkylation sites (tertiary alicyclic amines) is 1. The van der Waals surface area contributed by atoms with Crippen molar-refractivity contribution in [3.63, 3.8) is 0 Å². The largest absolute Gasteiger partial charge is 0.326 e. The molecule has 3 heteroatoms. The molecule has 0 aromatic heterocycles. The molecule has 2 N–H and O–H groups in total. The third kappa shape index (κ3) is 3.39. The van der Waals surface area contributed by atoms with E-state index in [1.165, 1.54) is 25.7 Å². The second-order valence-electron chi connectivity index (χ2n) is 6.11. The first-order chi connectivity index (χ1) is 9.62. The second-order valence-corrected chi connectivity index (χ2v) is 6.11. The summed E-state index contributed by atoms with van der Waals surface area (Å²) in [6, 6.07) is 5.39. The molecule has 1 fully saturated rings. The Balaban J connectivity index is 1.96. The molecule has 1 aliphatic rings. The summed E-state index contributed by atoms with van der Waals surface area (Å²) in [4.78, 5) is 2.38. The van der Waals surface area contributed by atoms with Gasteiger partial charge in [-0.3, -0.25) is 4.90 Å². The lowest BCUT2D eigenvalue weighted by atomic mass is 9.74. The van der Waals surface area contributed by atoms with E-state index in [4.69, 9.17) is 5.73 Å². The van der Waals surface area contributed by atoms with Crippen LogP contribution in [0.1, 0.15) is 50.7 Å². The summed E-state index contributed by atoms with van der Waals surface area (Å²) in [6.07, 6.45) is 5.00. The summed E-state index contributed by atoms with van der Waals surface area (Å²) in [5.74, 6) is -0.115. The van der Waals surface area contributed by atoms with Gasteiger partial charge in [0.25, 0.3) is 0 Å². The molecule has 1 heterocycles. The highest BCUT2D eigenvalue weighted by atomic mass is 19.1. The molecule has 0 atom stereocenters. The van der Waals surface area contributed by atoms with Crippen molar-refractivity contribution < 1.29 is 4.39 Å². The average Bonchev–Trinajstić information content (AvgIpc) is 2.50. The van der Waals surface area contributed by atoms with Gasteiger partial charge in [0, 0.05) is 18.7 Å². The Morgan fingerprint density at radius 1 is 1.20 bits per heavy atom. The van der Waals surface area contributed by atoms with Crippen LogP contribution in [0.4, 0.5) is 4.39 Å². The van der Waals surface area contributed by atoms with Crippen LogP contribution in [0, 0.1) is 11.2 Å². The lowest BCUT2D eigenvalue weighted by Gasteiger charge is -2.41. The van der Waals surface area contributed by atoms with Crippen molar-refractivity contribution in [3.05, 3.63) is 35.1 Å². The van der Waals surface area contributed by atoms with Gasteiger partial charge in [0.05, 0.1) is 0 Å². The topological polar surface area (TPSA) is 29.3 Å². The van der Waals surface area contributed by atoms with Crippen molar-refractivity contribution in [1.29, 1.82) is 0 Å². The van der Waals surface area contributed by atoms with E-state index in [1.807, 2.05) is 12.1 Å². The summed E-state index contributed by atoms with van der Waals surface area (Å²) in [7, 11) is 0. The molecule has 0 unspecified atom stereocenters. The van der Waals surface area contributed by atoms with Crippen molar-refractivity contribution in [3.8, 4) is 0 Å². The Morgan fingerprint density at radius 3 is 2.35 bits per heavy atom. The second kappa shape index (κ2) is 6.68. The molecule has 112 valence electrons. The van der Waals surface area contributed by atoms with Crippen LogP contribution in [-0.2, 0) is 13.1 Å². The summed E-state index contributed by atoms with van der Waals surface area (Å²) < 4.78 is 14.0. The first-order valence-electron chi connectivity index (χ1n) is 7.82. The van der Waals surface area contributed by atoms with Gasteiger partial charge in [-0.2, -0.15) is 0 Å². The summed E-state index contributed by atoms with van der Waals surface area (Å²) in [5, 5.41) is 0. The number of hydrogen-bond donors (Lipinski definition) is 1. The van der Waals surface area contributed by atoms with Crippen LogP contribution in [0.15, 0.2) is 18.2 Å². The Hall–Kier alpha value is -0.930. The zero-order valence-corrected chi connectivity index (χ0v) is 12.8. The van der Waals surface area contributed by atoms with E-state index < -0.39 is 0 Å². The fraction of sp³-hybridized carbons (Fsp3) is 0.647. The van der Waals surface area contributed by atoms with E-state index in [-0.39, 0.29) is 5.82 Å². The molecule has 0 spiro atoms. The zero-order chi connectivity index (χ0) is 14.6. The molecule has 2 rings (SSSR count). The van der Waals surface area contributed by atoms with Gasteiger partial charge in [0.15, 0.2) is 0 Å². The predicted octanol–water partition coefficient (Wildman–Crippen LogP) is 3.69. The minimum atomic E-state index is -0.115. The molecule has 0 bridgehead atoms. The van der Waals surface area contributed by atoms with Gasteiger partial charge in [-0.25, -0.2) is 4.39 Å². The van der Waals surface area contributed by atoms with Crippen LogP contribution in [0.25, 0.3) is 0 Å². The fourth-order valence-corrected chi connectivity index (χ4v) is 3.23. The standard InChI is InChI=1S/C17H27FN2/c1-3-17(4-2)7-9-20(10-8-17)13-15-6-5-14(12-19)11-16(15)18/h5-6,11H,3-4,7-10,12-13,19H2,1-2H3. The first-order valence-corrected chi connectivity index (χ1v) is 7.82. The zero-order valence-electron chi connectivity index (χ0n) is 12.8. The molecule has 1 aliphatic heterocycles. The molecule has 0 saturated carbocycles. The van der Waals surface area contributed by atoms with Crippen molar-refractivity contribution in [2.45, 2.75) is 52.6 Å². The number of rotatable bonds is 5. The molecular formula is C17H27FN2. The highest BCUT2D eigenvalue weighted by molar-refractivity contribution is 5.24. The van der Waals surface area contributed by atoms with Crippen molar-refractivity contribution in [1.82, 2.24) is 4.90 Å². The van der Waals surface area contributed by atoms with Gasteiger partial charge in [-0.1, -0.05) is 38.8 Å². The number of halogens is 1. The molecule has 0 aliphatic carbocycles. The Morgan fingerprint density at radius 2 is 1.85 bits per heavy atom. The van der Waals surface area contributed by atoms with Crippen LogP contribution in [0.5, 0.6) is 0 Å². The lowest BCUT2D eigenvalue weighted by molar-refractivity contribution is 0.0902. The van der Waals surface area contributed by atoms with Crippen molar-refractivity contribution in [2.75, 3.05) is 13.1 Å². The molecule has 2 nitrogen and oxygen atoms in total. The van der Waals surface area contributed by atoms with E-state index in [0.29, 0.717) is 12.0 Å². The highest BCUT2D eigenvalue weighted by Gasteiger charge is 2.31. The van der Waals surface area contributed by atoms with Crippen LogP contribution >= 0.6 is 0 Å². The summed E-state index contributed by atoms with van der Waals surface area (Å²) in [6.45, 7) is 7.88. The normalized spacial score (nSPS) is 19.2. The minimum absolute atomic E-state index is 0.115. The lowest BCUT2D eigenvalue weighted by Crippen LogP contribution is -2.39. The summed E-state index contributed by atoms with van der Waals surface area (Å²) >= 11 is 0. The van der Waals surface area contributed by atoms with Gasteiger partial charge in [0.1, 0.15) is 5.82 Å². The van der Waals surface area contributed by atoms with Gasteiger partial charge >= 0.3 is 0 Å². The van der Waals surface area contributed by atoms with Crippen molar-refractivity contribution in [2.24, 2.45) is 11.1 Å². The molecule has 20 heavy (non-hydrogen) atoms. The molecule has 1 saturated heterocycles. The predicted molar refractivity (Wildman–Crippen MR) is 81.8 cm³/mol.